The van der Waals surface area contributed by atoms with Gasteiger partial charge in [-0.3, -0.25) is 9.59 Å². The standard InChI is InChI=1S/C18H20N2O5S2/c1-3-23-17(22)7-13-8-26-18(20-13)27-9-16(21)19-11(2)12-4-5-14-15(6-12)25-10-24-14/h4-6,8,11H,3,7,9-10H2,1-2H3,(H,19,21)/t11-/m0/s1. The second-order valence-electron chi connectivity index (χ2n) is 5.78. The van der Waals surface area contributed by atoms with Crippen molar-refractivity contribution in [1.29, 1.82) is 0 Å². The SMILES string of the molecule is CCOC(=O)Cc1csc(SCC(=O)N[C@@H](C)c2ccc3c(c2)OCO3)n1. The molecule has 0 aliphatic carbocycles. The highest BCUT2D eigenvalue weighted by atomic mass is 32.2. The predicted octanol–water partition coefficient (Wildman–Crippen LogP) is 2.95. The third kappa shape index (κ3) is 5.36. The number of hydrogen-bond acceptors (Lipinski definition) is 8. The molecule has 1 aliphatic heterocycles. The minimum Gasteiger partial charge on any atom is -0.466 e. The monoisotopic (exact) mass is 408 g/mol. The minimum absolute atomic E-state index is 0.0905. The number of rotatable bonds is 8. The number of fused-ring (bicyclic) bond motifs is 1. The average molecular weight is 409 g/mol. The number of hydrogen-bond donors (Lipinski definition) is 1. The Kier molecular flexibility index (Phi) is 6.57. The number of thiazole rings is 1. The van der Waals surface area contributed by atoms with Gasteiger partial charge >= 0.3 is 5.97 Å². The van der Waals surface area contributed by atoms with Crippen molar-refractivity contribution in [2.24, 2.45) is 0 Å². The fraction of sp³-hybridized carbons (Fsp3) is 0.389. The lowest BCUT2D eigenvalue weighted by Crippen LogP contribution is -2.28. The van der Waals surface area contributed by atoms with E-state index in [1.807, 2.05) is 30.5 Å². The first kappa shape index (κ1) is 19.5. The van der Waals surface area contributed by atoms with E-state index in [0.29, 0.717) is 18.1 Å². The number of carbonyl (C=O) groups is 2. The van der Waals surface area contributed by atoms with E-state index in [-0.39, 0.29) is 36.9 Å². The van der Waals surface area contributed by atoms with E-state index in [1.54, 1.807) is 6.92 Å². The summed E-state index contributed by atoms with van der Waals surface area (Å²) in [7, 11) is 0. The van der Waals surface area contributed by atoms with Crippen LogP contribution >= 0.6 is 23.1 Å². The topological polar surface area (TPSA) is 86.8 Å². The van der Waals surface area contributed by atoms with Crippen LogP contribution in [-0.2, 0) is 20.7 Å². The van der Waals surface area contributed by atoms with Crippen LogP contribution in [0.5, 0.6) is 11.5 Å². The fourth-order valence-corrected chi connectivity index (χ4v) is 4.13. The van der Waals surface area contributed by atoms with E-state index in [2.05, 4.69) is 10.3 Å². The second kappa shape index (κ2) is 9.09. The summed E-state index contributed by atoms with van der Waals surface area (Å²) in [6.45, 7) is 4.26. The lowest BCUT2D eigenvalue weighted by atomic mass is 10.1. The van der Waals surface area contributed by atoms with Crippen LogP contribution in [0.2, 0.25) is 0 Å². The summed E-state index contributed by atoms with van der Waals surface area (Å²) in [6, 6.07) is 5.48. The molecule has 1 atom stereocenters. The Morgan fingerprint density at radius 2 is 2.19 bits per heavy atom. The van der Waals surface area contributed by atoms with Gasteiger partial charge in [0.15, 0.2) is 15.8 Å². The van der Waals surface area contributed by atoms with E-state index < -0.39 is 0 Å². The Morgan fingerprint density at radius 1 is 1.37 bits per heavy atom. The molecular formula is C18H20N2O5S2. The molecule has 144 valence electrons. The Balaban J connectivity index is 1.47. The maximum atomic E-state index is 12.2. The van der Waals surface area contributed by atoms with Gasteiger partial charge in [-0.05, 0) is 31.5 Å². The van der Waals surface area contributed by atoms with Gasteiger partial charge in [-0.25, -0.2) is 4.98 Å². The highest BCUT2D eigenvalue weighted by Crippen LogP contribution is 2.34. The molecule has 1 aromatic carbocycles. The number of ether oxygens (including phenoxy) is 3. The van der Waals surface area contributed by atoms with Gasteiger partial charge in [-0.1, -0.05) is 17.8 Å². The molecule has 0 unspecified atom stereocenters. The number of thioether (sulfide) groups is 1. The van der Waals surface area contributed by atoms with Crippen molar-refractivity contribution >= 4 is 35.0 Å². The van der Waals surface area contributed by atoms with Crippen molar-refractivity contribution in [3.05, 3.63) is 34.8 Å². The molecule has 7 nitrogen and oxygen atoms in total. The van der Waals surface area contributed by atoms with Crippen molar-refractivity contribution in [3.8, 4) is 11.5 Å². The summed E-state index contributed by atoms with van der Waals surface area (Å²) in [5.74, 6) is 1.28. The molecule has 1 N–H and O–H groups in total. The van der Waals surface area contributed by atoms with E-state index in [1.165, 1.54) is 23.1 Å². The average Bonchev–Trinajstić information content (AvgIpc) is 3.28. The highest BCUT2D eigenvalue weighted by molar-refractivity contribution is 8.01. The third-order valence-corrected chi connectivity index (χ3v) is 5.83. The smallest absolute Gasteiger partial charge is 0.311 e. The molecule has 1 amide bonds. The fourth-order valence-electron chi connectivity index (χ4n) is 2.47. The molecule has 1 aliphatic rings. The molecule has 0 spiro atoms. The largest absolute Gasteiger partial charge is 0.466 e. The van der Waals surface area contributed by atoms with Crippen molar-refractivity contribution in [2.75, 3.05) is 19.2 Å². The van der Waals surface area contributed by atoms with Gasteiger partial charge < -0.3 is 19.5 Å². The van der Waals surface area contributed by atoms with Crippen LogP contribution in [0, 0.1) is 0 Å². The molecule has 27 heavy (non-hydrogen) atoms. The first-order chi connectivity index (χ1) is 13.0. The summed E-state index contributed by atoms with van der Waals surface area (Å²) < 4.78 is 16.3. The van der Waals surface area contributed by atoms with Gasteiger partial charge in [-0.2, -0.15) is 0 Å². The summed E-state index contributed by atoms with van der Waals surface area (Å²) in [6.07, 6.45) is 0.151. The summed E-state index contributed by atoms with van der Waals surface area (Å²) in [5, 5.41) is 4.77. The molecule has 0 radical (unpaired) electrons. The van der Waals surface area contributed by atoms with Crippen LogP contribution < -0.4 is 14.8 Å². The lowest BCUT2D eigenvalue weighted by molar-refractivity contribution is -0.142. The second-order valence-corrected chi connectivity index (χ2v) is 7.86. The number of aromatic nitrogens is 1. The van der Waals surface area contributed by atoms with Crippen molar-refractivity contribution in [2.45, 2.75) is 30.6 Å². The maximum absolute atomic E-state index is 12.2. The van der Waals surface area contributed by atoms with Gasteiger partial charge in [0.1, 0.15) is 0 Å². The number of esters is 1. The summed E-state index contributed by atoms with van der Waals surface area (Å²) in [5.41, 5.74) is 1.61. The molecule has 2 heterocycles. The van der Waals surface area contributed by atoms with Crippen LogP contribution in [0.25, 0.3) is 0 Å². The Labute approximate surface area is 165 Å². The van der Waals surface area contributed by atoms with Crippen molar-refractivity contribution in [3.63, 3.8) is 0 Å². The molecular weight excluding hydrogens is 388 g/mol. The molecule has 3 rings (SSSR count). The Morgan fingerprint density at radius 3 is 3.00 bits per heavy atom. The van der Waals surface area contributed by atoms with Crippen LogP contribution in [0.15, 0.2) is 27.9 Å². The number of amides is 1. The zero-order chi connectivity index (χ0) is 19.2. The van der Waals surface area contributed by atoms with E-state index in [4.69, 9.17) is 14.2 Å². The minimum atomic E-state index is -0.297. The number of carbonyl (C=O) groups excluding carboxylic acids is 2. The summed E-state index contributed by atoms with van der Waals surface area (Å²) >= 11 is 2.76. The molecule has 0 saturated heterocycles. The number of nitrogens with one attached hydrogen (secondary N) is 1. The molecule has 0 fully saturated rings. The molecule has 0 saturated carbocycles. The van der Waals surface area contributed by atoms with Crippen LogP contribution in [-0.4, -0.2) is 36.0 Å². The zero-order valence-electron chi connectivity index (χ0n) is 15.0. The van der Waals surface area contributed by atoms with Gasteiger partial charge in [0.2, 0.25) is 12.7 Å². The van der Waals surface area contributed by atoms with Crippen molar-refractivity contribution in [1.82, 2.24) is 10.3 Å². The first-order valence-electron chi connectivity index (χ1n) is 8.47. The first-order valence-corrected chi connectivity index (χ1v) is 10.3. The number of benzene rings is 1. The quantitative estimate of drug-likeness (QED) is 0.531. The Bertz CT molecular complexity index is 824. The van der Waals surface area contributed by atoms with E-state index >= 15 is 0 Å². The predicted molar refractivity (Wildman–Crippen MR) is 102 cm³/mol. The normalized spacial score (nSPS) is 13.3. The zero-order valence-corrected chi connectivity index (χ0v) is 16.7. The van der Waals surface area contributed by atoms with Gasteiger partial charge in [-0.15, -0.1) is 11.3 Å². The molecule has 9 heteroatoms. The highest BCUT2D eigenvalue weighted by Gasteiger charge is 2.17. The van der Waals surface area contributed by atoms with Gasteiger partial charge in [0.05, 0.1) is 30.5 Å². The van der Waals surface area contributed by atoms with Crippen molar-refractivity contribution < 1.29 is 23.8 Å². The van der Waals surface area contributed by atoms with E-state index in [9.17, 15) is 9.59 Å². The molecule has 2 aromatic rings. The van der Waals surface area contributed by atoms with Gasteiger partial charge in [0, 0.05) is 5.38 Å². The van der Waals surface area contributed by atoms with Gasteiger partial charge in [0.25, 0.3) is 0 Å². The van der Waals surface area contributed by atoms with Crippen LogP contribution in [0.4, 0.5) is 0 Å². The lowest BCUT2D eigenvalue weighted by Gasteiger charge is -2.14. The summed E-state index contributed by atoms with van der Waals surface area (Å²) in [4.78, 5) is 28.0. The Hall–Kier alpha value is -2.26. The van der Waals surface area contributed by atoms with Crippen LogP contribution in [0.3, 0.4) is 0 Å². The molecule has 1 aromatic heterocycles. The molecule has 0 bridgehead atoms. The van der Waals surface area contributed by atoms with Crippen LogP contribution in [0.1, 0.15) is 31.1 Å². The maximum Gasteiger partial charge on any atom is 0.311 e. The number of nitrogens with zero attached hydrogens (tertiary/aromatic N) is 1. The van der Waals surface area contributed by atoms with E-state index in [0.717, 1.165) is 15.7 Å². The third-order valence-electron chi connectivity index (χ3n) is 3.76.